The van der Waals surface area contributed by atoms with Crippen molar-refractivity contribution in [2.45, 2.75) is 18.0 Å². The largest absolute Gasteiger partial charge is 0.430 e. The summed E-state index contributed by atoms with van der Waals surface area (Å²) >= 11 is 0. The summed E-state index contributed by atoms with van der Waals surface area (Å²) in [7, 11) is 0. The lowest BCUT2D eigenvalue weighted by Crippen LogP contribution is -2.53. The predicted octanol–water partition coefficient (Wildman–Crippen LogP) is 1.36. The smallest absolute Gasteiger partial charge is 0.370 e. The second-order valence-corrected chi connectivity index (χ2v) is 4.38. The van der Waals surface area contributed by atoms with Crippen molar-refractivity contribution >= 4 is 17.6 Å². The highest BCUT2D eigenvalue weighted by molar-refractivity contribution is 5.93. The van der Waals surface area contributed by atoms with E-state index in [1.165, 1.54) is 0 Å². The summed E-state index contributed by atoms with van der Waals surface area (Å²) in [5.41, 5.74) is 7.29. The van der Waals surface area contributed by atoms with Crippen LogP contribution in [0.2, 0.25) is 0 Å². The number of alkyl halides is 6. The van der Waals surface area contributed by atoms with Gasteiger partial charge in [0.1, 0.15) is 11.5 Å². The number of nitrogens with zero attached hydrogens (tertiary/aromatic N) is 2. The molecule has 1 aromatic carbocycles. The van der Waals surface area contributed by atoms with Crippen molar-refractivity contribution in [3.63, 3.8) is 0 Å². The summed E-state index contributed by atoms with van der Waals surface area (Å²) in [4.78, 5) is 6.46. The molecule has 1 rings (SSSR count). The summed E-state index contributed by atoms with van der Waals surface area (Å²) in [6.07, 6.45) is -12.3. The SMILES string of the molecule is NC(N)=NC(N)=Nc1ccc(C(O)(C(F)(F)F)C(F)(F)F)cc1F. The van der Waals surface area contributed by atoms with Gasteiger partial charge in [-0.3, -0.25) is 0 Å². The molecule has 0 atom stereocenters. The maximum Gasteiger partial charge on any atom is 0.430 e. The Hall–Kier alpha value is -2.57. The Morgan fingerprint density at radius 2 is 1.46 bits per heavy atom. The summed E-state index contributed by atoms with van der Waals surface area (Å²) in [5.74, 6) is -2.87. The van der Waals surface area contributed by atoms with Crippen molar-refractivity contribution in [2.75, 3.05) is 0 Å². The topological polar surface area (TPSA) is 123 Å². The molecular formula is C11H10F7N5O. The Morgan fingerprint density at radius 1 is 0.958 bits per heavy atom. The molecule has 0 aliphatic heterocycles. The van der Waals surface area contributed by atoms with Crippen molar-refractivity contribution in [2.24, 2.45) is 27.2 Å². The van der Waals surface area contributed by atoms with E-state index in [0.29, 0.717) is 6.07 Å². The van der Waals surface area contributed by atoms with Crippen LogP contribution in [0.25, 0.3) is 0 Å². The quantitative estimate of drug-likeness (QED) is 0.361. The number of hydrogen-bond donors (Lipinski definition) is 4. The molecule has 24 heavy (non-hydrogen) atoms. The van der Waals surface area contributed by atoms with Gasteiger partial charge in [-0.2, -0.15) is 31.3 Å². The number of hydrogen-bond acceptors (Lipinski definition) is 2. The summed E-state index contributed by atoms with van der Waals surface area (Å²) in [6.45, 7) is 0. The first-order valence-corrected chi connectivity index (χ1v) is 5.79. The van der Waals surface area contributed by atoms with Gasteiger partial charge in [-0.25, -0.2) is 9.38 Å². The lowest BCUT2D eigenvalue weighted by Gasteiger charge is -2.32. The third-order valence-electron chi connectivity index (χ3n) is 2.66. The van der Waals surface area contributed by atoms with Crippen LogP contribution in [0.5, 0.6) is 0 Å². The molecule has 0 fully saturated rings. The fraction of sp³-hybridized carbons (Fsp3) is 0.273. The van der Waals surface area contributed by atoms with Gasteiger partial charge in [0.15, 0.2) is 5.96 Å². The first kappa shape index (κ1) is 19.5. The normalized spacial score (nSPS) is 13.8. The number of nitrogens with two attached hydrogens (primary N) is 3. The molecule has 0 spiro atoms. The lowest BCUT2D eigenvalue weighted by atomic mass is 9.92. The summed E-state index contributed by atoms with van der Waals surface area (Å²) in [6, 6.07) is 0.483. The highest BCUT2D eigenvalue weighted by Crippen LogP contribution is 2.50. The summed E-state index contributed by atoms with van der Waals surface area (Å²) < 4.78 is 89.9. The van der Waals surface area contributed by atoms with Gasteiger partial charge in [-0.1, -0.05) is 6.07 Å². The van der Waals surface area contributed by atoms with Gasteiger partial charge in [-0.15, -0.1) is 0 Å². The van der Waals surface area contributed by atoms with Gasteiger partial charge in [-0.05, 0) is 12.1 Å². The molecular weight excluding hydrogens is 351 g/mol. The van der Waals surface area contributed by atoms with E-state index < -0.39 is 46.9 Å². The van der Waals surface area contributed by atoms with Crippen molar-refractivity contribution in [1.82, 2.24) is 0 Å². The van der Waals surface area contributed by atoms with E-state index in [-0.39, 0.29) is 12.1 Å². The van der Waals surface area contributed by atoms with Crippen LogP contribution in [0.4, 0.5) is 36.4 Å². The summed E-state index contributed by atoms with van der Waals surface area (Å²) in [5, 5.41) is 9.14. The Balaban J connectivity index is 3.45. The third-order valence-corrected chi connectivity index (χ3v) is 2.66. The Morgan fingerprint density at radius 3 is 1.83 bits per heavy atom. The van der Waals surface area contributed by atoms with E-state index in [1.54, 1.807) is 0 Å². The molecule has 7 N–H and O–H groups in total. The molecule has 0 amide bonds. The van der Waals surface area contributed by atoms with Crippen molar-refractivity contribution < 1.29 is 35.8 Å². The van der Waals surface area contributed by atoms with Crippen LogP contribution in [0.1, 0.15) is 5.56 Å². The highest BCUT2D eigenvalue weighted by Gasteiger charge is 2.71. The Bertz CT molecular complexity index is 662. The van der Waals surface area contributed by atoms with E-state index in [0.717, 1.165) is 0 Å². The molecule has 0 saturated heterocycles. The molecule has 1 aromatic rings. The van der Waals surface area contributed by atoms with E-state index in [9.17, 15) is 30.7 Å². The second kappa shape index (κ2) is 6.14. The molecule has 6 nitrogen and oxygen atoms in total. The number of guanidine groups is 2. The standard InChI is InChI=1S/C11H10F7N5O/c12-5-3-4(9(24,10(13,14)15)11(16,17)18)1-2-6(5)22-8(21)23-7(19)20/h1-3,24H,(H6,19,20,21,22,23). The number of benzene rings is 1. The van der Waals surface area contributed by atoms with Crippen LogP contribution in [0, 0.1) is 5.82 Å². The van der Waals surface area contributed by atoms with Crippen LogP contribution in [0.15, 0.2) is 28.2 Å². The Labute approximate surface area is 129 Å². The minimum atomic E-state index is -6.14. The molecule has 0 bridgehead atoms. The molecule has 0 aromatic heterocycles. The van der Waals surface area contributed by atoms with Crippen LogP contribution < -0.4 is 17.2 Å². The fourth-order valence-corrected chi connectivity index (χ4v) is 1.59. The maximum absolute atomic E-state index is 13.7. The molecule has 0 aliphatic carbocycles. The van der Waals surface area contributed by atoms with Crippen LogP contribution in [-0.4, -0.2) is 29.4 Å². The molecule has 0 radical (unpaired) electrons. The van der Waals surface area contributed by atoms with E-state index >= 15 is 0 Å². The van der Waals surface area contributed by atoms with Crippen molar-refractivity contribution in [1.29, 1.82) is 0 Å². The zero-order valence-electron chi connectivity index (χ0n) is 11.5. The minimum absolute atomic E-state index is 0.164. The van der Waals surface area contributed by atoms with E-state index in [1.807, 2.05) is 0 Å². The molecule has 0 aliphatic rings. The van der Waals surface area contributed by atoms with Gasteiger partial charge in [0.25, 0.3) is 5.60 Å². The average molecular weight is 361 g/mol. The average Bonchev–Trinajstić information content (AvgIpc) is 2.36. The van der Waals surface area contributed by atoms with Gasteiger partial charge in [0.2, 0.25) is 5.96 Å². The monoisotopic (exact) mass is 361 g/mol. The fourth-order valence-electron chi connectivity index (χ4n) is 1.59. The van der Waals surface area contributed by atoms with E-state index in [4.69, 9.17) is 22.3 Å². The third kappa shape index (κ3) is 3.67. The number of aliphatic imine (C=N–C) groups is 2. The predicted molar refractivity (Wildman–Crippen MR) is 69.5 cm³/mol. The number of halogens is 7. The first-order valence-electron chi connectivity index (χ1n) is 5.79. The number of rotatable bonds is 2. The van der Waals surface area contributed by atoms with Gasteiger partial charge in [0.05, 0.1) is 0 Å². The molecule has 13 heteroatoms. The molecule has 0 heterocycles. The zero-order chi connectivity index (χ0) is 18.9. The lowest BCUT2D eigenvalue weighted by molar-refractivity contribution is -0.376. The Kier molecular flexibility index (Phi) is 4.99. The minimum Gasteiger partial charge on any atom is -0.370 e. The van der Waals surface area contributed by atoms with Gasteiger partial charge < -0.3 is 22.3 Å². The van der Waals surface area contributed by atoms with Crippen molar-refractivity contribution in [3.05, 3.63) is 29.6 Å². The molecule has 0 saturated carbocycles. The van der Waals surface area contributed by atoms with Crippen LogP contribution in [-0.2, 0) is 5.60 Å². The van der Waals surface area contributed by atoms with E-state index in [2.05, 4.69) is 9.98 Å². The highest BCUT2D eigenvalue weighted by atomic mass is 19.4. The van der Waals surface area contributed by atoms with Gasteiger partial charge >= 0.3 is 12.4 Å². The maximum atomic E-state index is 13.7. The second-order valence-electron chi connectivity index (χ2n) is 4.38. The van der Waals surface area contributed by atoms with Crippen LogP contribution >= 0.6 is 0 Å². The van der Waals surface area contributed by atoms with Gasteiger partial charge in [0, 0.05) is 5.56 Å². The molecule has 0 unspecified atom stereocenters. The van der Waals surface area contributed by atoms with Crippen molar-refractivity contribution in [3.8, 4) is 0 Å². The van der Waals surface area contributed by atoms with Crippen LogP contribution in [0.3, 0.4) is 0 Å². The zero-order valence-corrected chi connectivity index (χ0v) is 11.5. The molecule has 134 valence electrons. The number of aliphatic hydroxyl groups is 1. The first-order chi connectivity index (χ1) is 10.7.